The monoisotopic (exact) mass is 322 g/mol. The number of carbonyl (C=O) groups excluding carboxylic acids is 1. The summed E-state index contributed by atoms with van der Waals surface area (Å²) in [6, 6.07) is 4.85. The van der Waals surface area contributed by atoms with Crippen LogP contribution in [0.2, 0.25) is 0 Å². The third kappa shape index (κ3) is 4.02. The zero-order valence-electron chi connectivity index (χ0n) is 12.7. The van der Waals surface area contributed by atoms with Gasteiger partial charge in [-0.3, -0.25) is 4.79 Å². The second-order valence-electron chi connectivity index (χ2n) is 6.17. The minimum atomic E-state index is -0.227. The van der Waals surface area contributed by atoms with Gasteiger partial charge in [0.25, 0.3) is 0 Å². The van der Waals surface area contributed by atoms with Crippen LogP contribution in [-0.2, 0) is 4.79 Å². The molecule has 1 atom stereocenters. The zero-order chi connectivity index (χ0) is 15.4. The van der Waals surface area contributed by atoms with Crippen LogP contribution in [0.25, 0.3) is 0 Å². The number of hydrogen-bond donors (Lipinski definition) is 2. The predicted octanol–water partition coefficient (Wildman–Crippen LogP) is 3.26. The second kappa shape index (κ2) is 7.47. The lowest BCUT2D eigenvalue weighted by atomic mass is 9.93. The fraction of sp³-hybridized carbons (Fsp3) is 0.588. The number of carbonyl (C=O) groups is 1. The van der Waals surface area contributed by atoms with Crippen LogP contribution in [0.4, 0.5) is 4.39 Å². The summed E-state index contributed by atoms with van der Waals surface area (Å²) in [5.74, 6) is 1.51. The van der Waals surface area contributed by atoms with E-state index in [1.807, 2.05) is 6.07 Å². The van der Waals surface area contributed by atoms with Crippen molar-refractivity contribution in [3.05, 3.63) is 29.6 Å². The third-order valence-electron chi connectivity index (χ3n) is 4.58. The number of amides is 1. The summed E-state index contributed by atoms with van der Waals surface area (Å²) in [4.78, 5) is 13.3. The van der Waals surface area contributed by atoms with Crippen molar-refractivity contribution in [1.29, 1.82) is 0 Å². The van der Waals surface area contributed by atoms with Gasteiger partial charge in [-0.2, -0.15) is 0 Å². The van der Waals surface area contributed by atoms with Gasteiger partial charge < -0.3 is 10.6 Å². The molecule has 0 saturated carbocycles. The molecule has 0 spiro atoms. The molecule has 0 bridgehead atoms. The van der Waals surface area contributed by atoms with E-state index >= 15 is 0 Å². The Morgan fingerprint density at radius 1 is 1.32 bits per heavy atom. The predicted molar refractivity (Wildman–Crippen MR) is 87.5 cm³/mol. The zero-order valence-corrected chi connectivity index (χ0v) is 13.6. The van der Waals surface area contributed by atoms with E-state index in [9.17, 15) is 9.18 Å². The Balaban J connectivity index is 1.54. The Morgan fingerprint density at radius 3 is 2.95 bits per heavy atom. The van der Waals surface area contributed by atoms with Gasteiger partial charge in [-0.05, 0) is 68.5 Å². The molecule has 22 heavy (non-hydrogen) atoms. The van der Waals surface area contributed by atoms with Crippen molar-refractivity contribution in [3.8, 4) is 0 Å². The molecule has 1 saturated heterocycles. The van der Waals surface area contributed by atoms with E-state index in [1.165, 1.54) is 18.9 Å². The van der Waals surface area contributed by atoms with Crippen molar-refractivity contribution in [1.82, 2.24) is 10.6 Å². The van der Waals surface area contributed by atoms with Crippen molar-refractivity contribution < 1.29 is 9.18 Å². The van der Waals surface area contributed by atoms with Gasteiger partial charge >= 0.3 is 0 Å². The van der Waals surface area contributed by atoms with E-state index < -0.39 is 0 Å². The van der Waals surface area contributed by atoms with Crippen LogP contribution in [0.1, 0.15) is 43.7 Å². The maximum absolute atomic E-state index is 13.5. The van der Waals surface area contributed by atoms with Gasteiger partial charge in [0, 0.05) is 17.1 Å². The number of benzene rings is 1. The average Bonchev–Trinajstić information content (AvgIpc) is 2.54. The normalized spacial score (nSPS) is 22.1. The topological polar surface area (TPSA) is 41.1 Å². The van der Waals surface area contributed by atoms with Crippen LogP contribution in [0.15, 0.2) is 23.1 Å². The highest BCUT2D eigenvalue weighted by Crippen LogP contribution is 2.36. The quantitative estimate of drug-likeness (QED) is 0.894. The third-order valence-corrected chi connectivity index (χ3v) is 5.71. The second-order valence-corrected chi connectivity index (χ2v) is 7.31. The van der Waals surface area contributed by atoms with E-state index in [2.05, 4.69) is 10.6 Å². The van der Waals surface area contributed by atoms with E-state index in [0.717, 1.165) is 42.1 Å². The van der Waals surface area contributed by atoms with Crippen LogP contribution < -0.4 is 10.6 Å². The molecule has 1 amide bonds. The fourth-order valence-electron chi connectivity index (χ4n) is 3.29. The van der Waals surface area contributed by atoms with E-state index in [1.54, 1.807) is 17.8 Å². The van der Waals surface area contributed by atoms with Crippen LogP contribution >= 0.6 is 11.8 Å². The number of halogens is 1. The molecule has 0 radical (unpaired) electrons. The van der Waals surface area contributed by atoms with Gasteiger partial charge in [0.15, 0.2) is 0 Å². The van der Waals surface area contributed by atoms with Gasteiger partial charge in [-0.15, -0.1) is 11.8 Å². The van der Waals surface area contributed by atoms with Gasteiger partial charge in [0.2, 0.25) is 5.91 Å². The number of rotatable bonds is 4. The summed E-state index contributed by atoms with van der Waals surface area (Å²) in [6.07, 6.45) is 4.76. The summed E-state index contributed by atoms with van der Waals surface area (Å²) in [5.41, 5.74) is 0.937. The highest BCUT2D eigenvalue weighted by molar-refractivity contribution is 7.99. The molecule has 1 aromatic carbocycles. The molecular weight excluding hydrogens is 299 g/mol. The number of hydrogen-bond acceptors (Lipinski definition) is 3. The van der Waals surface area contributed by atoms with Crippen LogP contribution in [-0.4, -0.2) is 24.7 Å². The van der Waals surface area contributed by atoms with Gasteiger partial charge in [-0.25, -0.2) is 4.39 Å². The van der Waals surface area contributed by atoms with Gasteiger partial charge in [0.05, 0.1) is 6.04 Å². The highest BCUT2D eigenvalue weighted by Gasteiger charge is 2.23. The number of nitrogens with one attached hydrogen (secondary N) is 2. The van der Waals surface area contributed by atoms with Crippen LogP contribution in [0, 0.1) is 11.7 Å². The molecule has 1 fully saturated rings. The average molecular weight is 322 g/mol. The number of thioether (sulfide) groups is 1. The lowest BCUT2D eigenvalue weighted by Gasteiger charge is -2.27. The molecule has 2 aliphatic heterocycles. The number of piperidine rings is 1. The van der Waals surface area contributed by atoms with E-state index in [0.29, 0.717) is 12.3 Å². The summed E-state index contributed by atoms with van der Waals surface area (Å²) in [6.45, 7) is 2.14. The summed E-state index contributed by atoms with van der Waals surface area (Å²) >= 11 is 1.74. The molecule has 0 aromatic heterocycles. The lowest BCUT2D eigenvalue weighted by molar-refractivity contribution is -0.122. The molecule has 1 aromatic rings. The first kappa shape index (κ1) is 15.8. The summed E-state index contributed by atoms with van der Waals surface area (Å²) in [5, 5.41) is 6.45. The largest absolute Gasteiger partial charge is 0.349 e. The Bertz CT molecular complexity index is 531. The Kier molecular flexibility index (Phi) is 5.37. The molecule has 3 nitrogen and oxygen atoms in total. The van der Waals surface area contributed by atoms with Gasteiger partial charge in [0.1, 0.15) is 5.82 Å². The molecule has 5 heteroatoms. The molecule has 1 unspecified atom stereocenters. The molecule has 2 N–H and O–H groups in total. The first-order valence-electron chi connectivity index (χ1n) is 8.14. The smallest absolute Gasteiger partial charge is 0.220 e. The fourth-order valence-corrected chi connectivity index (χ4v) is 4.39. The van der Waals surface area contributed by atoms with Crippen molar-refractivity contribution in [2.45, 2.75) is 43.0 Å². The summed E-state index contributed by atoms with van der Waals surface area (Å²) < 4.78 is 13.5. The van der Waals surface area contributed by atoms with Crippen molar-refractivity contribution in [2.75, 3.05) is 18.8 Å². The first-order valence-corrected chi connectivity index (χ1v) is 9.13. The van der Waals surface area contributed by atoms with Crippen molar-refractivity contribution in [3.63, 3.8) is 0 Å². The van der Waals surface area contributed by atoms with E-state index in [4.69, 9.17) is 0 Å². The molecule has 120 valence electrons. The molecule has 0 aliphatic carbocycles. The number of fused-ring (bicyclic) bond motifs is 1. The Morgan fingerprint density at radius 2 is 2.14 bits per heavy atom. The first-order chi connectivity index (χ1) is 10.7. The Hall–Kier alpha value is -1.07. The molecule has 2 heterocycles. The van der Waals surface area contributed by atoms with Crippen molar-refractivity contribution in [2.24, 2.45) is 5.92 Å². The van der Waals surface area contributed by atoms with Crippen molar-refractivity contribution >= 4 is 17.7 Å². The van der Waals surface area contributed by atoms with Crippen LogP contribution in [0.5, 0.6) is 0 Å². The molecule has 3 rings (SSSR count). The maximum atomic E-state index is 13.5. The minimum Gasteiger partial charge on any atom is -0.349 e. The highest BCUT2D eigenvalue weighted by atomic mass is 32.2. The van der Waals surface area contributed by atoms with E-state index in [-0.39, 0.29) is 17.8 Å². The molecule has 2 aliphatic rings. The minimum absolute atomic E-state index is 0.0347. The maximum Gasteiger partial charge on any atom is 0.220 e. The Labute approximate surface area is 135 Å². The SMILES string of the molecule is O=C(CCC1CCNCC1)NC1CCSc2ccc(F)cc21. The summed E-state index contributed by atoms with van der Waals surface area (Å²) in [7, 11) is 0. The standard InChI is InChI=1S/C17H23FN2OS/c18-13-2-3-16-14(11-13)15(7-10-22-16)20-17(21)4-1-12-5-8-19-9-6-12/h2-3,11-12,15,19H,1,4-10H2,(H,20,21). The molecular formula is C17H23FN2OS. The van der Waals surface area contributed by atoms with Crippen LogP contribution in [0.3, 0.4) is 0 Å². The van der Waals surface area contributed by atoms with Gasteiger partial charge in [-0.1, -0.05) is 0 Å². The lowest BCUT2D eigenvalue weighted by Crippen LogP contribution is -2.32.